The van der Waals surface area contributed by atoms with Crippen LogP contribution in [0.1, 0.15) is 28.8 Å². The molecule has 0 amide bonds. The van der Waals surface area contributed by atoms with Crippen LogP contribution in [0.15, 0.2) is 16.5 Å². The smallest absolute Gasteiger partial charge is 0.373 e. The van der Waals surface area contributed by atoms with Crippen molar-refractivity contribution in [2.75, 3.05) is 13.7 Å². The third-order valence-electron chi connectivity index (χ3n) is 1.82. The molecule has 14 heavy (non-hydrogen) atoms. The fourth-order valence-electron chi connectivity index (χ4n) is 1.04. The summed E-state index contributed by atoms with van der Waals surface area (Å²) in [7, 11) is 1.28. The van der Waals surface area contributed by atoms with Crippen molar-refractivity contribution < 1.29 is 19.1 Å². The summed E-state index contributed by atoms with van der Waals surface area (Å²) in [5, 5.41) is 8.65. The van der Waals surface area contributed by atoms with Crippen LogP contribution in [0, 0.1) is 0 Å². The lowest BCUT2D eigenvalue weighted by molar-refractivity contribution is 0.0562. The Balaban J connectivity index is 2.72. The van der Waals surface area contributed by atoms with Crippen molar-refractivity contribution in [3.8, 4) is 0 Å². The fraction of sp³-hybridized carbons (Fsp3) is 0.444. The van der Waals surface area contributed by atoms with Crippen LogP contribution in [-0.4, -0.2) is 24.8 Å². The highest BCUT2D eigenvalue weighted by atomic mass is 16.5. The minimum Gasteiger partial charge on any atom is -0.463 e. The maximum Gasteiger partial charge on any atom is 0.373 e. The summed E-state index contributed by atoms with van der Waals surface area (Å²) in [6.07, 6.45) is 0.397. The topological polar surface area (TPSA) is 85.7 Å². The van der Waals surface area contributed by atoms with Gasteiger partial charge in [-0.05, 0) is 18.6 Å². The molecule has 1 unspecified atom stereocenters. The SMILES string of the molecule is COC(=O)c1ccc(C(N)CCO)o1. The molecule has 1 heterocycles. The zero-order chi connectivity index (χ0) is 10.6. The predicted molar refractivity (Wildman–Crippen MR) is 48.7 cm³/mol. The second-order valence-electron chi connectivity index (χ2n) is 2.81. The molecular formula is C9H13NO4. The van der Waals surface area contributed by atoms with Crippen LogP contribution < -0.4 is 5.73 Å². The molecule has 0 saturated carbocycles. The van der Waals surface area contributed by atoms with Gasteiger partial charge in [0.1, 0.15) is 5.76 Å². The molecule has 1 rings (SSSR count). The fourth-order valence-corrected chi connectivity index (χ4v) is 1.04. The molecule has 0 bridgehead atoms. The lowest BCUT2D eigenvalue weighted by Gasteiger charge is -2.04. The maximum atomic E-state index is 11.0. The van der Waals surface area contributed by atoms with Crippen LogP contribution in [0.3, 0.4) is 0 Å². The number of ether oxygens (including phenoxy) is 1. The van der Waals surface area contributed by atoms with E-state index in [4.69, 9.17) is 15.3 Å². The van der Waals surface area contributed by atoms with Crippen molar-refractivity contribution in [2.45, 2.75) is 12.5 Å². The summed E-state index contributed by atoms with van der Waals surface area (Å²) in [4.78, 5) is 11.0. The highest BCUT2D eigenvalue weighted by molar-refractivity contribution is 5.86. The van der Waals surface area contributed by atoms with Crippen molar-refractivity contribution in [1.82, 2.24) is 0 Å². The van der Waals surface area contributed by atoms with E-state index in [0.29, 0.717) is 12.2 Å². The van der Waals surface area contributed by atoms with Gasteiger partial charge in [0.2, 0.25) is 5.76 Å². The summed E-state index contributed by atoms with van der Waals surface area (Å²) >= 11 is 0. The molecule has 0 aliphatic rings. The summed E-state index contributed by atoms with van der Waals surface area (Å²) in [5.74, 6) is 0.0581. The minimum absolute atomic E-state index is 0.0184. The molecule has 0 aromatic carbocycles. The monoisotopic (exact) mass is 199 g/mol. The van der Waals surface area contributed by atoms with Crippen LogP contribution in [0.5, 0.6) is 0 Å². The molecule has 0 aliphatic carbocycles. The Morgan fingerprint density at radius 1 is 1.71 bits per heavy atom. The van der Waals surface area contributed by atoms with Crippen molar-refractivity contribution >= 4 is 5.97 Å². The summed E-state index contributed by atoms with van der Waals surface area (Å²) in [6.45, 7) is -0.0184. The standard InChI is InChI=1S/C9H13NO4/c1-13-9(12)8-3-2-7(14-8)6(10)4-5-11/h2-3,6,11H,4-5,10H2,1H3. The van der Waals surface area contributed by atoms with Gasteiger partial charge in [-0.15, -0.1) is 0 Å². The Bertz CT molecular complexity index is 308. The number of carbonyl (C=O) groups is 1. The number of hydrogen-bond donors (Lipinski definition) is 2. The molecule has 0 fully saturated rings. The van der Waals surface area contributed by atoms with Gasteiger partial charge in [-0.3, -0.25) is 0 Å². The molecule has 3 N–H and O–H groups in total. The van der Waals surface area contributed by atoms with Gasteiger partial charge < -0.3 is 20.0 Å². The van der Waals surface area contributed by atoms with Crippen LogP contribution >= 0.6 is 0 Å². The number of aliphatic hydroxyl groups excluding tert-OH is 1. The van der Waals surface area contributed by atoms with Crippen LogP contribution in [-0.2, 0) is 4.74 Å². The minimum atomic E-state index is -0.535. The summed E-state index contributed by atoms with van der Waals surface area (Å²) in [5.41, 5.74) is 5.65. The molecule has 5 nitrogen and oxygen atoms in total. The first-order valence-corrected chi connectivity index (χ1v) is 4.23. The number of hydrogen-bond acceptors (Lipinski definition) is 5. The Morgan fingerprint density at radius 2 is 2.43 bits per heavy atom. The van der Waals surface area contributed by atoms with E-state index < -0.39 is 12.0 Å². The Labute approximate surface area is 81.5 Å². The number of nitrogens with two attached hydrogens (primary N) is 1. The number of methoxy groups -OCH3 is 1. The van der Waals surface area contributed by atoms with Gasteiger partial charge >= 0.3 is 5.97 Å². The number of aliphatic hydroxyl groups is 1. The number of carbonyl (C=O) groups excluding carboxylic acids is 1. The zero-order valence-corrected chi connectivity index (χ0v) is 7.90. The first kappa shape index (κ1) is 10.7. The van der Waals surface area contributed by atoms with E-state index >= 15 is 0 Å². The van der Waals surface area contributed by atoms with Gasteiger partial charge in [-0.2, -0.15) is 0 Å². The third-order valence-corrected chi connectivity index (χ3v) is 1.82. The van der Waals surface area contributed by atoms with Crippen molar-refractivity contribution in [1.29, 1.82) is 0 Å². The van der Waals surface area contributed by atoms with Crippen molar-refractivity contribution in [2.24, 2.45) is 5.73 Å². The van der Waals surface area contributed by atoms with Crippen molar-refractivity contribution in [3.05, 3.63) is 23.7 Å². The first-order valence-electron chi connectivity index (χ1n) is 4.23. The van der Waals surface area contributed by atoms with E-state index in [2.05, 4.69) is 4.74 Å². The summed E-state index contributed by atoms with van der Waals surface area (Å²) in [6, 6.07) is 2.71. The van der Waals surface area contributed by atoms with E-state index in [9.17, 15) is 4.79 Å². The van der Waals surface area contributed by atoms with Gasteiger partial charge in [0.05, 0.1) is 13.2 Å². The van der Waals surface area contributed by atoms with E-state index in [0.717, 1.165) is 0 Å². The Hall–Kier alpha value is -1.33. The molecule has 5 heteroatoms. The Morgan fingerprint density at radius 3 is 3.00 bits per heavy atom. The predicted octanol–water partition coefficient (Wildman–Crippen LogP) is 0.448. The molecule has 0 radical (unpaired) electrons. The molecular weight excluding hydrogens is 186 g/mol. The molecule has 0 spiro atoms. The lowest BCUT2D eigenvalue weighted by atomic mass is 10.2. The number of furan rings is 1. The molecule has 0 saturated heterocycles. The van der Waals surface area contributed by atoms with Crippen LogP contribution in [0.4, 0.5) is 0 Å². The molecule has 1 aromatic heterocycles. The van der Waals surface area contributed by atoms with Gasteiger partial charge in [0.25, 0.3) is 0 Å². The first-order chi connectivity index (χ1) is 6.69. The largest absolute Gasteiger partial charge is 0.463 e. The van der Waals surface area contributed by atoms with Gasteiger partial charge in [-0.1, -0.05) is 0 Å². The zero-order valence-electron chi connectivity index (χ0n) is 7.90. The highest BCUT2D eigenvalue weighted by Crippen LogP contribution is 2.17. The quantitative estimate of drug-likeness (QED) is 0.687. The maximum absolute atomic E-state index is 11.0. The van der Waals surface area contributed by atoms with Crippen LogP contribution in [0.2, 0.25) is 0 Å². The highest BCUT2D eigenvalue weighted by Gasteiger charge is 2.14. The van der Waals surface area contributed by atoms with E-state index in [-0.39, 0.29) is 12.4 Å². The molecule has 0 aliphatic heterocycles. The molecule has 1 aromatic rings. The Kier molecular flexibility index (Phi) is 3.67. The third kappa shape index (κ3) is 2.34. The van der Waals surface area contributed by atoms with E-state index in [1.807, 2.05) is 0 Å². The van der Waals surface area contributed by atoms with Gasteiger partial charge in [0, 0.05) is 6.61 Å². The second-order valence-corrected chi connectivity index (χ2v) is 2.81. The second kappa shape index (κ2) is 4.78. The van der Waals surface area contributed by atoms with Gasteiger partial charge in [0.15, 0.2) is 0 Å². The van der Waals surface area contributed by atoms with Crippen LogP contribution in [0.25, 0.3) is 0 Å². The number of rotatable bonds is 4. The summed E-state index contributed by atoms with van der Waals surface area (Å²) < 4.78 is 9.61. The normalized spacial score (nSPS) is 12.5. The average Bonchev–Trinajstić information content (AvgIpc) is 2.66. The van der Waals surface area contributed by atoms with Crippen molar-refractivity contribution in [3.63, 3.8) is 0 Å². The lowest BCUT2D eigenvalue weighted by Crippen LogP contribution is -2.11. The van der Waals surface area contributed by atoms with E-state index in [1.54, 1.807) is 6.07 Å². The van der Waals surface area contributed by atoms with E-state index in [1.165, 1.54) is 13.2 Å². The van der Waals surface area contributed by atoms with Gasteiger partial charge in [-0.25, -0.2) is 4.79 Å². The molecule has 1 atom stereocenters. The molecule has 78 valence electrons. The number of esters is 1. The average molecular weight is 199 g/mol.